The molecule has 0 saturated heterocycles. The molecule has 46 heavy (non-hydrogen) atoms. The molecule has 0 spiro atoms. The van der Waals surface area contributed by atoms with E-state index in [1.54, 1.807) is 18.2 Å². The van der Waals surface area contributed by atoms with Crippen LogP contribution in [0.15, 0.2) is 59.0 Å². The third kappa shape index (κ3) is 8.00. The Morgan fingerprint density at radius 2 is 1.74 bits per heavy atom. The van der Waals surface area contributed by atoms with Crippen LogP contribution in [0.1, 0.15) is 61.7 Å². The maximum Gasteiger partial charge on any atom is 0.338 e. The van der Waals surface area contributed by atoms with E-state index in [-0.39, 0.29) is 43.3 Å². The Bertz CT molecular complexity index is 1830. The summed E-state index contributed by atoms with van der Waals surface area (Å²) in [4.78, 5) is 24.7. The Labute approximate surface area is 267 Å². The van der Waals surface area contributed by atoms with Gasteiger partial charge in [0, 0.05) is 24.5 Å². The largest absolute Gasteiger partial charge is 0.465 e. The smallest absolute Gasteiger partial charge is 0.338 e. The molecule has 1 aliphatic carbocycles. The minimum absolute atomic E-state index is 0.0911. The Morgan fingerprint density at radius 3 is 2.41 bits per heavy atom. The number of esters is 1. The molecule has 1 aromatic heterocycles. The second-order valence-electron chi connectivity index (χ2n) is 11.2. The summed E-state index contributed by atoms with van der Waals surface area (Å²) >= 11 is 0. The van der Waals surface area contributed by atoms with Gasteiger partial charge in [-0.2, -0.15) is 0 Å². The van der Waals surface area contributed by atoms with Crippen molar-refractivity contribution in [3.63, 3.8) is 0 Å². The number of hydrogen-bond acceptors (Lipinski definition) is 8. The first-order valence-electron chi connectivity index (χ1n) is 15.0. The molecule has 4 aromatic rings. The number of methoxy groups -OCH3 is 1. The van der Waals surface area contributed by atoms with E-state index in [1.807, 2.05) is 19.1 Å². The molecular weight excluding hydrogens is 615 g/mol. The molecule has 0 unspecified atom stereocenters. The molecule has 1 saturated carbocycles. The van der Waals surface area contributed by atoms with Crippen LogP contribution in [-0.4, -0.2) is 60.8 Å². The average Bonchev–Trinajstić information content (AvgIpc) is 3.81. The van der Waals surface area contributed by atoms with Gasteiger partial charge in [0.2, 0.25) is 10.0 Å². The second kappa shape index (κ2) is 14.5. The molecule has 0 aliphatic heterocycles. The lowest BCUT2D eigenvalue weighted by Crippen LogP contribution is -2.29. The van der Waals surface area contributed by atoms with Crippen LogP contribution in [0.3, 0.4) is 0 Å². The maximum atomic E-state index is 13.6. The summed E-state index contributed by atoms with van der Waals surface area (Å²) in [6, 6.07) is 14.6. The van der Waals surface area contributed by atoms with Crippen LogP contribution in [-0.2, 0) is 36.6 Å². The topological polar surface area (TPSA) is 133 Å². The normalized spacial score (nSPS) is 13.2. The summed E-state index contributed by atoms with van der Waals surface area (Å²) < 4.78 is 64.4. The fraction of sp³-hybridized carbons (Fsp3) is 0.353. The van der Waals surface area contributed by atoms with Gasteiger partial charge in [0.25, 0.3) is 5.91 Å². The number of aryl methyl sites for hydroxylation is 1. The molecule has 1 amide bonds. The van der Waals surface area contributed by atoms with Gasteiger partial charge in [0.1, 0.15) is 17.2 Å². The van der Waals surface area contributed by atoms with E-state index in [9.17, 15) is 22.4 Å². The highest BCUT2D eigenvalue weighted by Crippen LogP contribution is 2.45. The quantitative estimate of drug-likeness (QED) is 0.132. The first kappa shape index (κ1) is 33.3. The summed E-state index contributed by atoms with van der Waals surface area (Å²) in [6.07, 6.45) is 1.86. The van der Waals surface area contributed by atoms with Crippen LogP contribution in [0.25, 0.3) is 22.3 Å². The van der Waals surface area contributed by atoms with Crippen molar-refractivity contribution in [2.75, 3.05) is 40.5 Å². The van der Waals surface area contributed by atoms with E-state index < -0.39 is 15.8 Å². The molecule has 0 bridgehead atoms. The zero-order valence-corrected chi connectivity index (χ0v) is 26.8. The molecule has 1 aliphatic rings. The minimum Gasteiger partial charge on any atom is -0.465 e. The lowest BCUT2D eigenvalue weighted by atomic mass is 9.98. The van der Waals surface area contributed by atoms with E-state index >= 15 is 0 Å². The molecule has 1 heterocycles. The highest BCUT2D eigenvalue weighted by molar-refractivity contribution is 7.88. The Kier molecular flexibility index (Phi) is 10.5. The number of ether oxygens (including phenoxy) is 3. The second-order valence-corrected chi connectivity index (χ2v) is 13.0. The molecule has 3 aromatic carbocycles. The number of nitrogens with one attached hydrogen (secondary N) is 2. The number of carbonyl (C=O) groups excluding carboxylic acids is 2. The lowest BCUT2D eigenvalue weighted by molar-refractivity contribution is 0.0426. The number of carbonyl (C=O) groups is 2. The Balaban J connectivity index is 1.17. The fourth-order valence-electron chi connectivity index (χ4n) is 5.35. The predicted octanol–water partition coefficient (Wildman–Crippen LogP) is 5.22. The van der Waals surface area contributed by atoms with Gasteiger partial charge >= 0.3 is 5.97 Å². The Hall–Kier alpha value is -4.10. The van der Waals surface area contributed by atoms with Gasteiger partial charge in [-0.05, 0) is 90.4 Å². The predicted molar refractivity (Wildman–Crippen MR) is 171 cm³/mol. The van der Waals surface area contributed by atoms with Crippen LogP contribution in [0.4, 0.5) is 4.39 Å². The molecule has 0 atom stereocenters. The van der Waals surface area contributed by atoms with Crippen LogP contribution >= 0.6 is 0 Å². The molecule has 5 rings (SSSR count). The van der Waals surface area contributed by atoms with E-state index in [4.69, 9.17) is 18.6 Å². The fourth-order valence-corrected chi connectivity index (χ4v) is 6.50. The van der Waals surface area contributed by atoms with Gasteiger partial charge in [-0.25, -0.2) is 22.3 Å². The first-order chi connectivity index (χ1) is 22.1. The number of benzene rings is 3. The summed E-state index contributed by atoms with van der Waals surface area (Å²) in [6.45, 7) is 3.03. The molecule has 1 fully saturated rings. The number of halogens is 1. The monoisotopic (exact) mass is 652 g/mol. The van der Waals surface area contributed by atoms with Crippen molar-refractivity contribution in [2.24, 2.45) is 0 Å². The number of rotatable bonds is 15. The number of furan rings is 1. The molecular formula is C34H37FN2O8S. The van der Waals surface area contributed by atoms with Crippen molar-refractivity contribution in [1.29, 1.82) is 0 Å². The summed E-state index contributed by atoms with van der Waals surface area (Å²) in [7, 11) is -0.852. The van der Waals surface area contributed by atoms with E-state index in [0.717, 1.165) is 29.5 Å². The van der Waals surface area contributed by atoms with Crippen molar-refractivity contribution in [2.45, 2.75) is 38.0 Å². The van der Waals surface area contributed by atoms with Gasteiger partial charge in [-0.15, -0.1) is 0 Å². The standard InChI is InChI=1S/C34H37FN2O8S/c1-21-16-22(4-11-27(21)34(39)42-3)19-44-15-14-43-13-12-37-46(40,41)20-25-17-30-29(18-28(25)23-5-6-23)31(33(38)36-2)32(45-30)24-7-9-26(35)10-8-24/h4,7-11,16-18,23,37H,5-6,12-15,19-20H2,1-3H3,(H,36,38). The molecule has 0 radical (unpaired) electrons. The van der Waals surface area contributed by atoms with Crippen LogP contribution in [0.2, 0.25) is 0 Å². The van der Waals surface area contributed by atoms with Crippen molar-refractivity contribution < 1.29 is 41.0 Å². The molecule has 244 valence electrons. The minimum atomic E-state index is -3.72. The third-order valence-electron chi connectivity index (χ3n) is 7.78. The molecule has 2 N–H and O–H groups in total. The first-order valence-corrected chi connectivity index (χ1v) is 16.6. The summed E-state index contributed by atoms with van der Waals surface area (Å²) in [5.74, 6) is -0.905. The van der Waals surface area contributed by atoms with Gasteiger partial charge < -0.3 is 23.9 Å². The van der Waals surface area contributed by atoms with Crippen molar-refractivity contribution in [3.05, 3.63) is 93.8 Å². The number of amides is 1. The highest BCUT2D eigenvalue weighted by Gasteiger charge is 2.31. The highest BCUT2D eigenvalue weighted by atomic mass is 32.2. The SMILES string of the molecule is CNC(=O)c1c(-c2ccc(F)cc2)oc2cc(CS(=O)(=O)NCCOCCOCc3ccc(C(=O)OC)c(C)c3)c(C3CC3)cc12. The van der Waals surface area contributed by atoms with Crippen LogP contribution in [0.5, 0.6) is 0 Å². The molecule has 12 heteroatoms. The van der Waals surface area contributed by atoms with E-state index in [2.05, 4.69) is 10.0 Å². The van der Waals surface area contributed by atoms with Gasteiger partial charge in [0.15, 0.2) is 0 Å². The number of sulfonamides is 1. The van der Waals surface area contributed by atoms with Crippen molar-refractivity contribution in [3.8, 4) is 11.3 Å². The van der Waals surface area contributed by atoms with Crippen molar-refractivity contribution >= 4 is 32.9 Å². The average molecular weight is 653 g/mol. The zero-order chi connectivity index (χ0) is 32.8. The number of fused-ring (bicyclic) bond motifs is 1. The lowest BCUT2D eigenvalue weighted by Gasteiger charge is -2.12. The summed E-state index contributed by atoms with van der Waals surface area (Å²) in [5.41, 5.74) is 4.94. The maximum absolute atomic E-state index is 13.6. The van der Waals surface area contributed by atoms with Crippen LogP contribution < -0.4 is 10.0 Å². The van der Waals surface area contributed by atoms with Gasteiger partial charge in [-0.3, -0.25) is 4.79 Å². The van der Waals surface area contributed by atoms with Gasteiger partial charge in [0.05, 0.1) is 50.4 Å². The van der Waals surface area contributed by atoms with E-state index in [1.165, 1.54) is 38.4 Å². The molecule has 10 nitrogen and oxygen atoms in total. The van der Waals surface area contributed by atoms with Crippen LogP contribution in [0, 0.1) is 12.7 Å². The zero-order valence-electron chi connectivity index (χ0n) is 26.0. The number of hydrogen-bond donors (Lipinski definition) is 2. The third-order valence-corrected chi connectivity index (χ3v) is 9.11. The van der Waals surface area contributed by atoms with Crippen molar-refractivity contribution in [1.82, 2.24) is 10.0 Å². The van der Waals surface area contributed by atoms with Gasteiger partial charge in [-0.1, -0.05) is 12.1 Å². The summed E-state index contributed by atoms with van der Waals surface area (Å²) in [5, 5.41) is 3.23. The van der Waals surface area contributed by atoms with E-state index in [0.29, 0.717) is 52.2 Å². The Morgan fingerprint density at radius 1 is 1.00 bits per heavy atom.